The normalized spacial score (nSPS) is 12.4. The number of aryl methyl sites for hydroxylation is 1. The summed E-state index contributed by atoms with van der Waals surface area (Å²) in [7, 11) is 0. The second-order valence-electron chi connectivity index (χ2n) is 3.98. The number of rotatable bonds is 4. The topological polar surface area (TPSA) is 37.8 Å². The Balaban J connectivity index is 2.32. The molecule has 0 aliphatic heterocycles. The molecule has 3 nitrogen and oxygen atoms in total. The first-order valence-electron chi connectivity index (χ1n) is 5.88. The number of hydrogen-bond acceptors (Lipinski definition) is 3. The molecule has 88 valence electrons. The molecule has 1 unspecified atom stereocenters. The van der Waals surface area contributed by atoms with E-state index in [0.717, 1.165) is 17.9 Å². The van der Waals surface area contributed by atoms with E-state index in [4.69, 9.17) is 0 Å². The van der Waals surface area contributed by atoms with Crippen molar-refractivity contribution in [2.75, 3.05) is 6.54 Å². The minimum Gasteiger partial charge on any atom is -0.305 e. The summed E-state index contributed by atoms with van der Waals surface area (Å²) in [6, 6.07) is 10.4. The van der Waals surface area contributed by atoms with Gasteiger partial charge in [0, 0.05) is 6.20 Å². The van der Waals surface area contributed by atoms with Crippen molar-refractivity contribution in [3.8, 4) is 0 Å². The molecule has 0 fully saturated rings. The van der Waals surface area contributed by atoms with E-state index in [-0.39, 0.29) is 6.04 Å². The van der Waals surface area contributed by atoms with Crippen LogP contribution >= 0.6 is 0 Å². The SMILES string of the molecule is CCNC(c1ccccc1)c1cnc(C)cn1. The van der Waals surface area contributed by atoms with E-state index in [1.165, 1.54) is 5.56 Å². The molecular weight excluding hydrogens is 210 g/mol. The zero-order valence-corrected chi connectivity index (χ0v) is 10.2. The fraction of sp³-hybridized carbons (Fsp3) is 0.286. The van der Waals surface area contributed by atoms with Crippen molar-refractivity contribution in [2.45, 2.75) is 19.9 Å². The lowest BCUT2D eigenvalue weighted by Crippen LogP contribution is -2.23. The molecule has 1 heterocycles. The van der Waals surface area contributed by atoms with E-state index in [1.807, 2.05) is 37.5 Å². The molecule has 0 saturated heterocycles. The average Bonchev–Trinajstić information content (AvgIpc) is 2.38. The minimum atomic E-state index is 0.120. The van der Waals surface area contributed by atoms with Crippen molar-refractivity contribution < 1.29 is 0 Å². The monoisotopic (exact) mass is 227 g/mol. The highest BCUT2D eigenvalue weighted by Gasteiger charge is 2.13. The maximum Gasteiger partial charge on any atom is 0.0801 e. The van der Waals surface area contributed by atoms with Gasteiger partial charge in [0.1, 0.15) is 0 Å². The van der Waals surface area contributed by atoms with Gasteiger partial charge < -0.3 is 5.32 Å². The lowest BCUT2D eigenvalue weighted by atomic mass is 10.0. The van der Waals surface area contributed by atoms with Gasteiger partial charge in [0.15, 0.2) is 0 Å². The van der Waals surface area contributed by atoms with Crippen molar-refractivity contribution in [2.24, 2.45) is 0 Å². The summed E-state index contributed by atoms with van der Waals surface area (Å²) in [5.74, 6) is 0. The second kappa shape index (κ2) is 5.55. The molecule has 0 radical (unpaired) electrons. The third-order valence-electron chi connectivity index (χ3n) is 2.64. The lowest BCUT2D eigenvalue weighted by Gasteiger charge is -2.17. The van der Waals surface area contributed by atoms with Crippen LogP contribution in [0.25, 0.3) is 0 Å². The zero-order valence-electron chi connectivity index (χ0n) is 10.2. The van der Waals surface area contributed by atoms with E-state index < -0.39 is 0 Å². The van der Waals surface area contributed by atoms with Crippen LogP contribution in [0.1, 0.15) is 29.9 Å². The summed E-state index contributed by atoms with van der Waals surface area (Å²) < 4.78 is 0. The summed E-state index contributed by atoms with van der Waals surface area (Å²) in [4.78, 5) is 8.75. The van der Waals surface area contributed by atoms with Crippen LogP contribution in [-0.4, -0.2) is 16.5 Å². The van der Waals surface area contributed by atoms with E-state index >= 15 is 0 Å². The Morgan fingerprint density at radius 1 is 1.12 bits per heavy atom. The van der Waals surface area contributed by atoms with Crippen molar-refractivity contribution in [1.82, 2.24) is 15.3 Å². The predicted octanol–water partition coefficient (Wildman–Crippen LogP) is 2.48. The standard InChI is InChI=1S/C14H17N3/c1-3-15-14(12-7-5-4-6-8-12)13-10-16-11(2)9-17-13/h4-10,14-15H,3H2,1-2H3. The molecule has 0 amide bonds. The van der Waals surface area contributed by atoms with Gasteiger partial charge in [0.25, 0.3) is 0 Å². The zero-order chi connectivity index (χ0) is 12.1. The van der Waals surface area contributed by atoms with E-state index in [9.17, 15) is 0 Å². The molecule has 0 aliphatic carbocycles. The van der Waals surface area contributed by atoms with Crippen molar-refractivity contribution in [3.05, 3.63) is 59.7 Å². The van der Waals surface area contributed by atoms with Crippen LogP contribution in [0, 0.1) is 6.92 Å². The Bertz CT molecular complexity index is 451. The molecule has 2 aromatic rings. The van der Waals surface area contributed by atoms with Gasteiger partial charge in [0.2, 0.25) is 0 Å². The Morgan fingerprint density at radius 3 is 2.47 bits per heavy atom. The number of hydrogen-bond donors (Lipinski definition) is 1. The molecule has 2 rings (SSSR count). The number of nitrogens with zero attached hydrogens (tertiary/aromatic N) is 2. The van der Waals surface area contributed by atoms with Crippen LogP contribution in [0.15, 0.2) is 42.7 Å². The van der Waals surface area contributed by atoms with Crippen LogP contribution in [0.5, 0.6) is 0 Å². The highest BCUT2D eigenvalue weighted by atomic mass is 14.9. The number of nitrogens with one attached hydrogen (secondary N) is 1. The summed E-state index contributed by atoms with van der Waals surface area (Å²) in [5, 5.41) is 3.43. The van der Waals surface area contributed by atoms with E-state index in [1.54, 1.807) is 0 Å². The van der Waals surface area contributed by atoms with Gasteiger partial charge in [-0.3, -0.25) is 9.97 Å². The molecule has 1 atom stereocenters. The lowest BCUT2D eigenvalue weighted by molar-refractivity contribution is 0.612. The van der Waals surface area contributed by atoms with Gasteiger partial charge in [-0.15, -0.1) is 0 Å². The fourth-order valence-electron chi connectivity index (χ4n) is 1.79. The van der Waals surface area contributed by atoms with Crippen LogP contribution < -0.4 is 5.32 Å². The highest BCUT2D eigenvalue weighted by Crippen LogP contribution is 2.19. The van der Waals surface area contributed by atoms with E-state index in [0.29, 0.717) is 0 Å². The first kappa shape index (κ1) is 11.7. The first-order valence-corrected chi connectivity index (χ1v) is 5.88. The van der Waals surface area contributed by atoms with Crippen LogP contribution in [0.3, 0.4) is 0 Å². The van der Waals surface area contributed by atoms with Gasteiger partial charge in [-0.1, -0.05) is 37.3 Å². The van der Waals surface area contributed by atoms with Gasteiger partial charge in [-0.2, -0.15) is 0 Å². The van der Waals surface area contributed by atoms with Gasteiger partial charge in [0.05, 0.1) is 23.6 Å². The molecule has 1 N–H and O–H groups in total. The molecule has 0 aliphatic rings. The molecule has 17 heavy (non-hydrogen) atoms. The highest BCUT2D eigenvalue weighted by molar-refractivity contribution is 5.26. The van der Waals surface area contributed by atoms with Crippen molar-refractivity contribution >= 4 is 0 Å². The Labute approximate surface area is 102 Å². The summed E-state index contributed by atoms with van der Waals surface area (Å²) in [6.45, 7) is 4.94. The average molecular weight is 227 g/mol. The van der Waals surface area contributed by atoms with Crippen LogP contribution in [-0.2, 0) is 0 Å². The number of aromatic nitrogens is 2. The van der Waals surface area contributed by atoms with Crippen LogP contribution in [0.2, 0.25) is 0 Å². The molecule has 1 aromatic carbocycles. The Kier molecular flexibility index (Phi) is 3.83. The van der Waals surface area contributed by atoms with Gasteiger partial charge >= 0.3 is 0 Å². The quantitative estimate of drug-likeness (QED) is 0.872. The number of benzene rings is 1. The minimum absolute atomic E-state index is 0.120. The maximum absolute atomic E-state index is 4.45. The Morgan fingerprint density at radius 2 is 1.88 bits per heavy atom. The van der Waals surface area contributed by atoms with Gasteiger partial charge in [-0.05, 0) is 19.0 Å². The van der Waals surface area contributed by atoms with E-state index in [2.05, 4.69) is 34.3 Å². The summed E-state index contributed by atoms with van der Waals surface area (Å²) in [6.07, 6.45) is 3.65. The molecule has 0 bridgehead atoms. The first-order chi connectivity index (χ1) is 8.31. The molecule has 1 aromatic heterocycles. The smallest absolute Gasteiger partial charge is 0.0801 e. The van der Waals surface area contributed by atoms with Crippen molar-refractivity contribution in [3.63, 3.8) is 0 Å². The third-order valence-corrected chi connectivity index (χ3v) is 2.64. The van der Waals surface area contributed by atoms with Crippen LogP contribution in [0.4, 0.5) is 0 Å². The molecule has 0 spiro atoms. The third kappa shape index (κ3) is 2.88. The molecule has 3 heteroatoms. The Hall–Kier alpha value is -1.74. The predicted molar refractivity (Wildman–Crippen MR) is 68.7 cm³/mol. The van der Waals surface area contributed by atoms with Crippen molar-refractivity contribution in [1.29, 1.82) is 0 Å². The molecular formula is C14H17N3. The second-order valence-corrected chi connectivity index (χ2v) is 3.98. The molecule has 0 saturated carbocycles. The van der Waals surface area contributed by atoms with Gasteiger partial charge in [-0.25, -0.2) is 0 Å². The largest absolute Gasteiger partial charge is 0.305 e. The summed E-state index contributed by atoms with van der Waals surface area (Å²) in [5.41, 5.74) is 3.12. The summed E-state index contributed by atoms with van der Waals surface area (Å²) >= 11 is 0. The fourth-order valence-corrected chi connectivity index (χ4v) is 1.79. The maximum atomic E-state index is 4.45.